The Kier molecular flexibility index (Phi) is 4.07. The number of carbonyl (C=O) groups is 1. The number of aryl methyl sites for hydroxylation is 1. The highest BCUT2D eigenvalue weighted by Gasteiger charge is 2.31. The Morgan fingerprint density at radius 1 is 1.20 bits per heavy atom. The number of anilines is 1. The number of benzene rings is 1. The van der Waals surface area contributed by atoms with Crippen molar-refractivity contribution in [2.45, 2.75) is 13.1 Å². The van der Waals surface area contributed by atoms with Crippen molar-refractivity contribution < 1.29 is 22.7 Å². The maximum Gasteiger partial charge on any atom is 0.416 e. The molecule has 0 fully saturated rings. The van der Waals surface area contributed by atoms with E-state index in [1.807, 2.05) is 0 Å². The minimum absolute atomic E-state index is 0.0696. The summed E-state index contributed by atoms with van der Waals surface area (Å²) in [6, 6.07) is 5.90. The molecule has 3 aromatic rings. The number of carbonyl (C=O) groups excluding carboxylic acids is 1. The predicted molar refractivity (Wildman–Crippen MR) is 83.7 cm³/mol. The molecule has 25 heavy (non-hydrogen) atoms. The van der Waals surface area contributed by atoms with Crippen LogP contribution in [0, 0.1) is 6.92 Å². The van der Waals surface area contributed by atoms with E-state index >= 15 is 0 Å². The molecule has 1 amide bonds. The van der Waals surface area contributed by atoms with Crippen LogP contribution in [-0.2, 0) is 6.18 Å². The van der Waals surface area contributed by atoms with Gasteiger partial charge in [-0.05, 0) is 37.3 Å². The number of hydrogen-bond donors (Lipinski definition) is 1. The van der Waals surface area contributed by atoms with E-state index < -0.39 is 17.6 Å². The van der Waals surface area contributed by atoms with Gasteiger partial charge in [0, 0.05) is 11.8 Å². The van der Waals surface area contributed by atoms with E-state index in [1.54, 1.807) is 17.5 Å². The van der Waals surface area contributed by atoms with E-state index in [4.69, 9.17) is 4.74 Å². The summed E-state index contributed by atoms with van der Waals surface area (Å²) in [5.74, 6) is 0.197. The van der Waals surface area contributed by atoms with E-state index in [-0.39, 0.29) is 17.0 Å². The topological polar surface area (TPSA) is 68.5 Å². The third kappa shape index (κ3) is 3.25. The van der Waals surface area contributed by atoms with Crippen molar-refractivity contribution in [1.29, 1.82) is 0 Å². The van der Waals surface area contributed by atoms with Gasteiger partial charge in [-0.15, -0.1) is 10.2 Å². The highest BCUT2D eigenvalue weighted by Crippen LogP contribution is 2.35. The SMILES string of the molecule is COc1ccc(C(F)(F)F)cc1NC(=O)c1ccn2c(C)nnc2c1. The average Bonchev–Trinajstić information content (AvgIpc) is 2.94. The summed E-state index contributed by atoms with van der Waals surface area (Å²) in [4.78, 5) is 12.4. The molecule has 0 aliphatic heterocycles. The highest BCUT2D eigenvalue weighted by molar-refractivity contribution is 6.05. The number of nitrogens with zero attached hydrogens (tertiary/aromatic N) is 3. The van der Waals surface area contributed by atoms with E-state index in [1.165, 1.54) is 19.2 Å². The Bertz CT molecular complexity index is 950. The van der Waals surface area contributed by atoms with Crippen molar-refractivity contribution in [1.82, 2.24) is 14.6 Å². The molecule has 6 nitrogen and oxygen atoms in total. The van der Waals surface area contributed by atoms with Gasteiger partial charge in [-0.25, -0.2) is 0 Å². The summed E-state index contributed by atoms with van der Waals surface area (Å²) in [6.07, 6.45) is -2.91. The van der Waals surface area contributed by atoms with E-state index in [0.29, 0.717) is 11.5 Å². The predicted octanol–water partition coefficient (Wildman–Crippen LogP) is 3.32. The molecule has 2 aromatic heterocycles. The van der Waals surface area contributed by atoms with Crippen LogP contribution in [0.2, 0.25) is 0 Å². The second-order valence-corrected chi connectivity index (χ2v) is 5.26. The normalized spacial score (nSPS) is 11.6. The van der Waals surface area contributed by atoms with Gasteiger partial charge in [-0.2, -0.15) is 13.2 Å². The summed E-state index contributed by atoms with van der Waals surface area (Å²) >= 11 is 0. The molecule has 0 aliphatic carbocycles. The number of alkyl halides is 3. The molecule has 0 unspecified atom stereocenters. The van der Waals surface area contributed by atoms with Crippen molar-refractivity contribution in [3.63, 3.8) is 0 Å². The van der Waals surface area contributed by atoms with Crippen molar-refractivity contribution in [3.05, 3.63) is 53.5 Å². The van der Waals surface area contributed by atoms with Gasteiger partial charge in [0.05, 0.1) is 18.4 Å². The first kappa shape index (κ1) is 16.7. The summed E-state index contributed by atoms with van der Waals surface area (Å²) in [7, 11) is 1.31. The average molecular weight is 350 g/mol. The van der Waals surface area contributed by atoms with Crippen LogP contribution in [0.25, 0.3) is 5.65 Å². The van der Waals surface area contributed by atoms with E-state index in [2.05, 4.69) is 15.5 Å². The number of amides is 1. The number of rotatable bonds is 3. The Hall–Kier alpha value is -3.10. The highest BCUT2D eigenvalue weighted by atomic mass is 19.4. The second kappa shape index (κ2) is 6.08. The van der Waals surface area contributed by atoms with Gasteiger partial charge < -0.3 is 10.1 Å². The summed E-state index contributed by atoms with van der Waals surface area (Å²) < 4.78 is 45.3. The molecule has 0 bridgehead atoms. The molecule has 2 heterocycles. The lowest BCUT2D eigenvalue weighted by Gasteiger charge is -2.13. The molecular formula is C16H13F3N4O2. The van der Waals surface area contributed by atoms with Gasteiger partial charge >= 0.3 is 6.18 Å². The van der Waals surface area contributed by atoms with Crippen molar-refractivity contribution >= 4 is 17.2 Å². The number of pyridine rings is 1. The lowest BCUT2D eigenvalue weighted by molar-refractivity contribution is -0.137. The molecule has 0 atom stereocenters. The quantitative estimate of drug-likeness (QED) is 0.787. The second-order valence-electron chi connectivity index (χ2n) is 5.26. The first-order valence-corrected chi connectivity index (χ1v) is 7.17. The number of halogens is 3. The third-order valence-electron chi connectivity index (χ3n) is 3.62. The fraction of sp³-hybridized carbons (Fsp3) is 0.188. The van der Waals surface area contributed by atoms with Crippen LogP contribution in [0.4, 0.5) is 18.9 Å². The molecule has 3 rings (SSSR count). The van der Waals surface area contributed by atoms with E-state index in [0.717, 1.165) is 18.2 Å². The van der Waals surface area contributed by atoms with Crippen LogP contribution >= 0.6 is 0 Å². The Balaban J connectivity index is 1.93. The number of fused-ring (bicyclic) bond motifs is 1. The molecule has 0 spiro atoms. The largest absolute Gasteiger partial charge is 0.495 e. The zero-order valence-electron chi connectivity index (χ0n) is 13.3. The van der Waals surface area contributed by atoms with Gasteiger partial charge in [0.15, 0.2) is 5.65 Å². The molecule has 1 aromatic carbocycles. The first-order valence-electron chi connectivity index (χ1n) is 7.17. The van der Waals surface area contributed by atoms with Crippen LogP contribution in [0.1, 0.15) is 21.7 Å². The van der Waals surface area contributed by atoms with Crippen molar-refractivity contribution in [2.24, 2.45) is 0 Å². The molecule has 0 aliphatic rings. The van der Waals surface area contributed by atoms with Crippen molar-refractivity contribution in [3.8, 4) is 5.75 Å². The zero-order valence-corrected chi connectivity index (χ0v) is 13.3. The standard InChI is InChI=1S/C16H13F3N4O2/c1-9-21-22-14-7-10(5-6-23(9)14)15(24)20-12-8-11(16(17,18)19)3-4-13(12)25-2/h3-8H,1-2H3,(H,20,24). The van der Waals surface area contributed by atoms with Crippen LogP contribution in [0.3, 0.4) is 0 Å². The summed E-state index contributed by atoms with van der Waals surface area (Å²) in [6.45, 7) is 1.76. The molecule has 0 saturated heterocycles. The monoisotopic (exact) mass is 350 g/mol. The Morgan fingerprint density at radius 3 is 2.64 bits per heavy atom. The smallest absolute Gasteiger partial charge is 0.416 e. The van der Waals surface area contributed by atoms with Gasteiger partial charge in [-0.3, -0.25) is 9.20 Å². The zero-order chi connectivity index (χ0) is 18.2. The molecule has 130 valence electrons. The minimum Gasteiger partial charge on any atom is -0.495 e. The summed E-state index contributed by atoms with van der Waals surface area (Å²) in [5, 5.41) is 10.2. The number of ether oxygens (including phenoxy) is 1. The summed E-state index contributed by atoms with van der Waals surface area (Å²) in [5.41, 5.74) is -0.257. The number of hydrogen-bond acceptors (Lipinski definition) is 4. The number of methoxy groups -OCH3 is 1. The molecule has 0 radical (unpaired) electrons. The molecular weight excluding hydrogens is 337 g/mol. The van der Waals surface area contributed by atoms with Crippen LogP contribution < -0.4 is 10.1 Å². The lowest BCUT2D eigenvalue weighted by Crippen LogP contribution is -2.14. The maximum absolute atomic E-state index is 12.9. The first-order chi connectivity index (χ1) is 11.8. The van der Waals surface area contributed by atoms with Crippen LogP contribution in [0.5, 0.6) is 5.75 Å². The minimum atomic E-state index is -4.52. The maximum atomic E-state index is 12.9. The van der Waals surface area contributed by atoms with Gasteiger partial charge in [-0.1, -0.05) is 0 Å². The third-order valence-corrected chi connectivity index (χ3v) is 3.62. The fourth-order valence-corrected chi connectivity index (χ4v) is 2.33. The molecule has 9 heteroatoms. The number of nitrogens with one attached hydrogen (secondary N) is 1. The Morgan fingerprint density at radius 2 is 1.96 bits per heavy atom. The van der Waals surface area contributed by atoms with Crippen LogP contribution in [0.15, 0.2) is 36.5 Å². The van der Waals surface area contributed by atoms with Gasteiger partial charge in [0.25, 0.3) is 5.91 Å². The fourth-order valence-electron chi connectivity index (χ4n) is 2.33. The van der Waals surface area contributed by atoms with Gasteiger partial charge in [0.2, 0.25) is 0 Å². The van der Waals surface area contributed by atoms with E-state index in [9.17, 15) is 18.0 Å². The Labute approximate surface area is 140 Å². The molecule has 1 N–H and O–H groups in total. The number of aromatic nitrogens is 3. The lowest BCUT2D eigenvalue weighted by atomic mass is 10.1. The molecule has 0 saturated carbocycles. The van der Waals surface area contributed by atoms with Gasteiger partial charge in [0.1, 0.15) is 11.6 Å². The van der Waals surface area contributed by atoms with Crippen molar-refractivity contribution in [2.75, 3.05) is 12.4 Å². The van der Waals surface area contributed by atoms with Crippen LogP contribution in [-0.4, -0.2) is 27.6 Å².